The van der Waals surface area contributed by atoms with Crippen LogP contribution in [0.5, 0.6) is 0 Å². The molecule has 0 bridgehead atoms. The van der Waals surface area contributed by atoms with Crippen LogP contribution >= 0.6 is 0 Å². The molecule has 1 aliphatic carbocycles. The SMILES string of the molecule is CC(OC1CCCCCC1)C(=O)N1CCCCC1CNC(=O)CCN. The van der Waals surface area contributed by atoms with Gasteiger partial charge in [-0.2, -0.15) is 0 Å². The van der Waals surface area contributed by atoms with E-state index in [0.717, 1.165) is 38.6 Å². The zero-order valence-corrected chi connectivity index (χ0v) is 15.7. The maximum Gasteiger partial charge on any atom is 0.251 e. The minimum atomic E-state index is -0.400. The fraction of sp³-hybridized carbons (Fsp3) is 0.895. The molecule has 0 aromatic rings. The first kappa shape index (κ1) is 20.2. The van der Waals surface area contributed by atoms with Gasteiger partial charge >= 0.3 is 0 Å². The Labute approximate surface area is 151 Å². The van der Waals surface area contributed by atoms with Crippen molar-refractivity contribution in [3.63, 3.8) is 0 Å². The van der Waals surface area contributed by atoms with E-state index in [1.54, 1.807) is 0 Å². The Balaban J connectivity index is 1.86. The predicted molar refractivity (Wildman–Crippen MR) is 98.1 cm³/mol. The average molecular weight is 354 g/mol. The summed E-state index contributed by atoms with van der Waals surface area (Å²) in [5.41, 5.74) is 5.41. The molecule has 2 rings (SSSR count). The van der Waals surface area contributed by atoms with Gasteiger partial charge in [-0.15, -0.1) is 0 Å². The standard InChI is InChI=1S/C19H35N3O3/c1-15(25-17-9-4-2-3-5-10-17)19(24)22-13-7-6-8-16(22)14-21-18(23)11-12-20/h15-17H,2-14,20H2,1H3,(H,21,23). The van der Waals surface area contributed by atoms with Gasteiger partial charge in [0, 0.05) is 32.1 Å². The van der Waals surface area contributed by atoms with Crippen LogP contribution in [-0.2, 0) is 14.3 Å². The summed E-state index contributed by atoms with van der Waals surface area (Å²) < 4.78 is 6.10. The highest BCUT2D eigenvalue weighted by Crippen LogP contribution is 2.23. The Bertz CT molecular complexity index is 422. The normalized spacial score (nSPS) is 23.8. The Kier molecular flexibility index (Phi) is 8.68. The molecule has 0 aromatic heterocycles. The zero-order chi connectivity index (χ0) is 18.1. The number of amides is 2. The van der Waals surface area contributed by atoms with Crippen LogP contribution in [0.15, 0.2) is 0 Å². The van der Waals surface area contributed by atoms with E-state index in [9.17, 15) is 9.59 Å². The maximum absolute atomic E-state index is 12.9. The highest BCUT2D eigenvalue weighted by Gasteiger charge is 2.31. The largest absolute Gasteiger partial charge is 0.365 e. The number of likely N-dealkylation sites (tertiary alicyclic amines) is 1. The molecule has 0 radical (unpaired) electrons. The lowest BCUT2D eigenvalue weighted by Gasteiger charge is -2.37. The van der Waals surface area contributed by atoms with Crippen LogP contribution in [0.2, 0.25) is 0 Å². The lowest BCUT2D eigenvalue weighted by Crippen LogP contribution is -2.52. The quantitative estimate of drug-likeness (QED) is 0.685. The molecule has 2 amide bonds. The number of ether oxygens (including phenoxy) is 1. The van der Waals surface area contributed by atoms with E-state index in [4.69, 9.17) is 10.5 Å². The van der Waals surface area contributed by atoms with Crippen molar-refractivity contribution in [3.05, 3.63) is 0 Å². The van der Waals surface area contributed by atoms with E-state index < -0.39 is 6.10 Å². The van der Waals surface area contributed by atoms with Gasteiger partial charge in [-0.3, -0.25) is 9.59 Å². The number of hydrogen-bond donors (Lipinski definition) is 2. The number of nitrogens with zero attached hydrogens (tertiary/aromatic N) is 1. The number of carbonyl (C=O) groups is 2. The number of carbonyl (C=O) groups excluding carboxylic acids is 2. The van der Waals surface area contributed by atoms with Crippen molar-refractivity contribution in [1.29, 1.82) is 0 Å². The second kappa shape index (κ2) is 10.8. The molecule has 3 N–H and O–H groups in total. The summed E-state index contributed by atoms with van der Waals surface area (Å²) in [5.74, 6) is 0.0326. The van der Waals surface area contributed by atoms with Crippen molar-refractivity contribution in [3.8, 4) is 0 Å². The topological polar surface area (TPSA) is 84.7 Å². The van der Waals surface area contributed by atoms with Crippen LogP contribution in [0.4, 0.5) is 0 Å². The molecule has 2 atom stereocenters. The van der Waals surface area contributed by atoms with Crippen LogP contribution in [0, 0.1) is 0 Å². The third-order valence-electron chi connectivity index (χ3n) is 5.36. The van der Waals surface area contributed by atoms with Gasteiger partial charge in [0.15, 0.2) is 0 Å². The van der Waals surface area contributed by atoms with E-state index >= 15 is 0 Å². The van der Waals surface area contributed by atoms with E-state index in [0.29, 0.717) is 19.5 Å². The van der Waals surface area contributed by atoms with E-state index in [-0.39, 0.29) is 24.0 Å². The third kappa shape index (κ3) is 6.59. The zero-order valence-electron chi connectivity index (χ0n) is 15.7. The predicted octanol–water partition coefficient (Wildman–Crippen LogP) is 1.96. The lowest BCUT2D eigenvalue weighted by atomic mass is 10.0. The molecule has 2 aliphatic rings. The van der Waals surface area contributed by atoms with Crippen LogP contribution in [0.3, 0.4) is 0 Å². The van der Waals surface area contributed by atoms with Crippen molar-refractivity contribution in [1.82, 2.24) is 10.2 Å². The molecular formula is C19H35N3O3. The van der Waals surface area contributed by atoms with Crippen LogP contribution in [-0.4, -0.2) is 54.6 Å². The van der Waals surface area contributed by atoms with Gasteiger partial charge in [-0.25, -0.2) is 0 Å². The summed E-state index contributed by atoms with van der Waals surface area (Å²) in [6, 6.07) is 0.0724. The molecule has 144 valence electrons. The minimum Gasteiger partial charge on any atom is -0.365 e. The first-order valence-corrected chi connectivity index (χ1v) is 10.0. The molecule has 6 heteroatoms. The molecule has 1 saturated heterocycles. The number of piperidine rings is 1. The number of rotatable bonds is 7. The summed E-state index contributed by atoms with van der Waals surface area (Å²) in [7, 11) is 0. The molecule has 1 aliphatic heterocycles. The average Bonchev–Trinajstić information content (AvgIpc) is 2.88. The van der Waals surface area contributed by atoms with E-state index in [1.165, 1.54) is 25.7 Å². The molecule has 6 nitrogen and oxygen atoms in total. The maximum atomic E-state index is 12.9. The summed E-state index contributed by atoms with van der Waals surface area (Å²) in [5, 5.41) is 2.91. The third-order valence-corrected chi connectivity index (χ3v) is 5.36. The van der Waals surface area contributed by atoms with Crippen molar-refractivity contribution in [2.75, 3.05) is 19.6 Å². The minimum absolute atomic E-state index is 0.0387. The molecule has 2 fully saturated rings. The lowest BCUT2D eigenvalue weighted by molar-refractivity contribution is -0.150. The Morgan fingerprint density at radius 1 is 1.12 bits per heavy atom. The number of nitrogens with two attached hydrogens (primary N) is 1. The van der Waals surface area contributed by atoms with Crippen LogP contribution in [0.25, 0.3) is 0 Å². The van der Waals surface area contributed by atoms with Crippen molar-refractivity contribution in [2.45, 2.75) is 89.4 Å². The first-order chi connectivity index (χ1) is 12.1. The van der Waals surface area contributed by atoms with Gasteiger partial charge in [0.2, 0.25) is 5.91 Å². The molecule has 25 heavy (non-hydrogen) atoms. The summed E-state index contributed by atoms with van der Waals surface area (Å²) in [6.45, 7) is 3.51. The number of hydrogen-bond acceptors (Lipinski definition) is 4. The molecule has 1 saturated carbocycles. The van der Waals surface area contributed by atoms with Gasteiger partial charge in [-0.05, 0) is 39.0 Å². The summed E-state index contributed by atoms with van der Waals surface area (Å²) in [4.78, 5) is 26.5. The summed E-state index contributed by atoms with van der Waals surface area (Å²) >= 11 is 0. The second-order valence-corrected chi connectivity index (χ2v) is 7.42. The number of nitrogens with one attached hydrogen (secondary N) is 1. The van der Waals surface area contributed by atoms with Gasteiger partial charge in [0.1, 0.15) is 6.10 Å². The molecule has 1 heterocycles. The van der Waals surface area contributed by atoms with Gasteiger partial charge in [0.05, 0.1) is 6.10 Å². The van der Waals surface area contributed by atoms with Crippen LogP contribution < -0.4 is 11.1 Å². The Morgan fingerprint density at radius 2 is 1.80 bits per heavy atom. The molecule has 2 unspecified atom stereocenters. The fourth-order valence-electron chi connectivity index (χ4n) is 3.91. The summed E-state index contributed by atoms with van der Waals surface area (Å²) in [6.07, 6.45) is 10.3. The Morgan fingerprint density at radius 3 is 2.48 bits per heavy atom. The highest BCUT2D eigenvalue weighted by molar-refractivity contribution is 5.81. The second-order valence-electron chi connectivity index (χ2n) is 7.42. The molecule has 0 aromatic carbocycles. The monoisotopic (exact) mass is 353 g/mol. The molecule has 0 spiro atoms. The highest BCUT2D eigenvalue weighted by atomic mass is 16.5. The van der Waals surface area contributed by atoms with Gasteiger partial charge in [-0.1, -0.05) is 25.7 Å². The van der Waals surface area contributed by atoms with Gasteiger partial charge < -0.3 is 20.7 Å². The van der Waals surface area contributed by atoms with Crippen molar-refractivity contribution < 1.29 is 14.3 Å². The van der Waals surface area contributed by atoms with Crippen molar-refractivity contribution >= 4 is 11.8 Å². The van der Waals surface area contributed by atoms with E-state index in [2.05, 4.69) is 5.32 Å². The fourth-order valence-corrected chi connectivity index (χ4v) is 3.91. The molecular weight excluding hydrogens is 318 g/mol. The van der Waals surface area contributed by atoms with Gasteiger partial charge in [0.25, 0.3) is 5.91 Å². The van der Waals surface area contributed by atoms with E-state index in [1.807, 2.05) is 11.8 Å². The first-order valence-electron chi connectivity index (χ1n) is 10.0. The van der Waals surface area contributed by atoms with Crippen molar-refractivity contribution in [2.24, 2.45) is 5.73 Å². The van der Waals surface area contributed by atoms with Crippen LogP contribution in [0.1, 0.15) is 71.1 Å². The smallest absolute Gasteiger partial charge is 0.251 e. The Hall–Kier alpha value is -1.14.